The van der Waals surface area contributed by atoms with E-state index in [4.69, 9.17) is 17.0 Å². The Morgan fingerprint density at radius 3 is 1.61 bits per heavy atom. The zero-order valence-corrected chi connectivity index (χ0v) is 24.8. The summed E-state index contributed by atoms with van der Waals surface area (Å²) in [5.74, 6) is 0. The molecular weight excluding hydrogens is 498 g/mol. The van der Waals surface area contributed by atoms with E-state index in [0.29, 0.717) is 0 Å². The first-order valence-electron chi connectivity index (χ1n) is 10.9. The van der Waals surface area contributed by atoms with E-state index in [1.54, 1.807) is 0 Å². The van der Waals surface area contributed by atoms with Gasteiger partial charge in [0.2, 0.25) is 0 Å². The van der Waals surface area contributed by atoms with Gasteiger partial charge in [-0.25, -0.2) is 0 Å². The first-order chi connectivity index (χ1) is 14.1. The topological polar surface area (TPSA) is 0 Å². The fourth-order valence-electron chi connectivity index (χ4n) is 4.01. The van der Waals surface area contributed by atoms with Gasteiger partial charge in [-0.05, 0) is 32.9 Å². The van der Waals surface area contributed by atoms with E-state index in [1.807, 2.05) is 0 Å². The normalized spacial score (nSPS) is 12.5. The quantitative estimate of drug-likeness (QED) is 0.272. The van der Waals surface area contributed by atoms with Gasteiger partial charge in [0, 0.05) is 0 Å². The Bertz CT molecular complexity index is 1010. The van der Waals surface area contributed by atoms with E-state index >= 15 is 0 Å². The number of rotatable bonds is 1. The van der Waals surface area contributed by atoms with Crippen molar-refractivity contribution in [3.8, 4) is 11.1 Å². The molecule has 0 spiro atoms. The van der Waals surface area contributed by atoms with Crippen molar-refractivity contribution in [2.24, 2.45) is 0 Å². The molecule has 3 aromatic carbocycles. The van der Waals surface area contributed by atoms with Crippen molar-refractivity contribution < 1.29 is 20.8 Å². The van der Waals surface area contributed by atoms with Crippen molar-refractivity contribution in [2.45, 2.75) is 85.5 Å². The van der Waals surface area contributed by atoms with Crippen LogP contribution in [0.1, 0.15) is 84.6 Å². The van der Waals surface area contributed by atoms with E-state index in [2.05, 4.69) is 112 Å². The molecule has 0 saturated heterocycles. The molecule has 0 aliphatic heterocycles. The molecule has 0 aliphatic rings. The minimum atomic E-state index is -0.826. The van der Waals surface area contributed by atoms with Crippen molar-refractivity contribution >= 4 is 27.8 Å². The van der Waals surface area contributed by atoms with Crippen LogP contribution in [-0.2, 0) is 37.1 Å². The molecule has 0 aliphatic carbocycles. The Morgan fingerprint density at radius 2 is 1.19 bits per heavy atom. The van der Waals surface area contributed by atoms with Crippen LogP contribution in [0.4, 0.5) is 0 Å². The molecule has 31 heavy (non-hydrogen) atoms. The summed E-state index contributed by atoms with van der Waals surface area (Å²) < 4.78 is 0. The van der Waals surface area contributed by atoms with E-state index in [-0.39, 0.29) is 16.2 Å². The van der Waals surface area contributed by atoms with Crippen LogP contribution in [0.2, 0.25) is 0 Å². The predicted molar refractivity (Wildman–Crippen MR) is 138 cm³/mol. The zero-order chi connectivity index (χ0) is 23.8. The molecule has 0 bridgehead atoms. The van der Waals surface area contributed by atoms with Gasteiger partial charge in [0.15, 0.2) is 0 Å². The van der Waals surface area contributed by atoms with Crippen LogP contribution in [-0.4, -0.2) is 0 Å². The summed E-state index contributed by atoms with van der Waals surface area (Å²) in [5, 5.41) is 2.73. The Hall–Kier alpha value is -0.487. The summed E-state index contributed by atoms with van der Waals surface area (Å²) >= 11 is -0.826. The van der Waals surface area contributed by atoms with Gasteiger partial charge >= 0.3 is 37.9 Å². The zero-order valence-electron chi connectivity index (χ0n) is 20.8. The third-order valence-corrected chi connectivity index (χ3v) is 5.80. The molecule has 0 fully saturated rings. The molecule has 3 heteroatoms. The molecule has 0 heterocycles. The first-order valence-corrected chi connectivity index (χ1v) is 17.3. The number of aryl methyl sites for hydroxylation is 1. The first kappa shape index (κ1) is 26.8. The third-order valence-electron chi connectivity index (χ3n) is 5.80. The van der Waals surface area contributed by atoms with Gasteiger partial charge in [0.05, 0.1) is 0 Å². The average Bonchev–Trinajstić information content (AvgIpc) is 2.99. The van der Waals surface area contributed by atoms with Gasteiger partial charge in [-0.1, -0.05) is 98.6 Å². The molecule has 0 saturated carbocycles. The number of hydrogen-bond donors (Lipinski definition) is 0. The molecule has 0 amide bonds. The maximum atomic E-state index is 4.93. The van der Waals surface area contributed by atoms with E-state index < -0.39 is 20.8 Å². The minimum absolute atomic E-state index is 0.0916. The summed E-state index contributed by atoms with van der Waals surface area (Å²) in [6, 6.07) is 16.6. The Balaban J connectivity index is 0.00000107. The molecule has 3 rings (SSSR count). The predicted octanol–water partition coefficient (Wildman–Crippen LogP) is 9.80. The van der Waals surface area contributed by atoms with Crippen molar-refractivity contribution in [3.63, 3.8) is 0 Å². The molecule has 168 valence electrons. The van der Waals surface area contributed by atoms with E-state index in [1.165, 1.54) is 44.2 Å². The summed E-state index contributed by atoms with van der Waals surface area (Å²) in [7, 11) is 9.87. The standard InChI is InChI=1S/C28H37.2ClH.Zr/c1-18-13-19-11-12-24(28(8,9)10)25(23(19)14-18)20-15-21(26(2,3)4)17-22(16-20)27(5,6)7;;;/h11-17H,1-10H3;2*1H;/q-1;;;+2/p-2. The fourth-order valence-corrected chi connectivity index (χ4v) is 4.01. The monoisotopic (exact) mass is 533 g/mol. The Morgan fingerprint density at radius 1 is 0.710 bits per heavy atom. The van der Waals surface area contributed by atoms with Crippen molar-refractivity contribution in [2.75, 3.05) is 0 Å². The van der Waals surface area contributed by atoms with E-state index in [0.717, 1.165) is 0 Å². The van der Waals surface area contributed by atoms with Crippen molar-refractivity contribution in [1.82, 2.24) is 0 Å². The number of fused-ring (bicyclic) bond motifs is 1. The van der Waals surface area contributed by atoms with Gasteiger partial charge in [-0.15, -0.1) is 34.5 Å². The SMILES string of the molecule is Cc1cc2c(-c3cc(C(C)(C)C)cc(C(C)(C)C)c3)c(C(C)(C)C)ccc2[cH-]1.[Cl][Zr][Cl]. The van der Waals surface area contributed by atoms with Gasteiger partial charge in [-0.2, -0.15) is 6.07 Å². The van der Waals surface area contributed by atoms with Gasteiger partial charge in [-0.3, -0.25) is 0 Å². The summed E-state index contributed by atoms with van der Waals surface area (Å²) in [5.41, 5.74) is 8.69. The van der Waals surface area contributed by atoms with Gasteiger partial charge in [0.1, 0.15) is 0 Å². The molecule has 0 aromatic heterocycles. The van der Waals surface area contributed by atoms with Crippen LogP contribution in [0.3, 0.4) is 0 Å². The molecule has 0 nitrogen and oxygen atoms in total. The second kappa shape index (κ2) is 9.79. The Labute approximate surface area is 208 Å². The number of halogens is 2. The summed E-state index contributed by atoms with van der Waals surface area (Å²) in [6.07, 6.45) is 0. The van der Waals surface area contributed by atoms with Crippen LogP contribution >= 0.6 is 17.0 Å². The summed E-state index contributed by atoms with van der Waals surface area (Å²) in [6.45, 7) is 23.1. The molecule has 3 aromatic rings. The summed E-state index contributed by atoms with van der Waals surface area (Å²) in [4.78, 5) is 0. The van der Waals surface area contributed by atoms with Crippen LogP contribution in [0.5, 0.6) is 0 Å². The fraction of sp³-hybridized carbons (Fsp3) is 0.464. The van der Waals surface area contributed by atoms with Gasteiger partial charge in [0.25, 0.3) is 0 Å². The van der Waals surface area contributed by atoms with Crippen molar-refractivity contribution in [1.29, 1.82) is 0 Å². The Kier molecular flexibility index (Phi) is 8.45. The van der Waals surface area contributed by atoms with Crippen molar-refractivity contribution in [3.05, 3.63) is 64.7 Å². The average molecular weight is 536 g/mol. The second-order valence-electron chi connectivity index (χ2n) is 11.6. The van der Waals surface area contributed by atoms with E-state index in [9.17, 15) is 0 Å². The van der Waals surface area contributed by atoms with Crippen LogP contribution < -0.4 is 0 Å². The molecule has 0 N–H and O–H groups in total. The second-order valence-corrected chi connectivity index (χ2v) is 15.4. The van der Waals surface area contributed by atoms with Crippen LogP contribution in [0.15, 0.2) is 42.5 Å². The number of benzene rings is 2. The molecular formula is C28H37Cl2Zr-. The van der Waals surface area contributed by atoms with Gasteiger partial charge < -0.3 is 0 Å². The molecule has 0 unspecified atom stereocenters. The van der Waals surface area contributed by atoms with Crippen LogP contribution in [0, 0.1) is 6.92 Å². The molecule has 0 atom stereocenters. The number of hydrogen-bond acceptors (Lipinski definition) is 0. The maximum absolute atomic E-state index is 4.93. The molecule has 0 radical (unpaired) electrons. The van der Waals surface area contributed by atoms with Crippen LogP contribution in [0.25, 0.3) is 21.9 Å². The third kappa shape index (κ3) is 6.53.